The lowest BCUT2D eigenvalue weighted by atomic mass is 10.0. The molecule has 2 heterocycles. The number of carbonyl (C=O) groups is 1. The van der Waals surface area contributed by atoms with E-state index in [0.717, 1.165) is 23.5 Å². The predicted molar refractivity (Wildman–Crippen MR) is 104 cm³/mol. The fourth-order valence-corrected chi connectivity index (χ4v) is 3.12. The van der Waals surface area contributed by atoms with Gasteiger partial charge in [0, 0.05) is 16.8 Å². The summed E-state index contributed by atoms with van der Waals surface area (Å²) in [4.78, 5) is 19.7. The second kappa shape index (κ2) is 7.81. The van der Waals surface area contributed by atoms with Crippen LogP contribution in [0, 0.1) is 11.6 Å². The predicted octanol–water partition coefficient (Wildman–Crippen LogP) is 5.59. The van der Waals surface area contributed by atoms with Gasteiger partial charge < -0.3 is 9.73 Å². The molecule has 0 spiro atoms. The SMILES string of the molecule is O=C(Nc1ccc(-c2cccc(-c3ncco3)c2)c(Cl)c1)c1c(F)cncc1F. The van der Waals surface area contributed by atoms with E-state index in [1.165, 1.54) is 12.3 Å². The van der Waals surface area contributed by atoms with Crippen LogP contribution < -0.4 is 5.32 Å². The van der Waals surface area contributed by atoms with E-state index in [-0.39, 0.29) is 0 Å². The summed E-state index contributed by atoms with van der Waals surface area (Å²) in [6.07, 6.45) is 4.59. The molecule has 2 aromatic carbocycles. The Bertz CT molecular complexity index is 1180. The number of rotatable bonds is 4. The van der Waals surface area contributed by atoms with Crippen molar-refractivity contribution < 1.29 is 18.0 Å². The van der Waals surface area contributed by atoms with Gasteiger partial charge in [-0.3, -0.25) is 9.78 Å². The van der Waals surface area contributed by atoms with Crippen molar-refractivity contribution in [2.45, 2.75) is 0 Å². The summed E-state index contributed by atoms with van der Waals surface area (Å²) in [6, 6.07) is 12.2. The molecule has 0 unspecified atom stereocenters. The molecule has 0 radical (unpaired) electrons. The molecule has 2 aromatic heterocycles. The van der Waals surface area contributed by atoms with Gasteiger partial charge in [-0.15, -0.1) is 0 Å². The number of hydrogen-bond donors (Lipinski definition) is 1. The van der Waals surface area contributed by atoms with Gasteiger partial charge in [0.25, 0.3) is 5.91 Å². The Labute approximate surface area is 169 Å². The molecular weight excluding hydrogens is 400 g/mol. The summed E-state index contributed by atoms with van der Waals surface area (Å²) in [7, 11) is 0. The quantitative estimate of drug-likeness (QED) is 0.475. The van der Waals surface area contributed by atoms with Gasteiger partial charge in [0.1, 0.15) is 11.8 Å². The third-order valence-corrected chi connectivity index (χ3v) is 4.47. The van der Waals surface area contributed by atoms with Crippen LogP contribution in [0.4, 0.5) is 14.5 Å². The van der Waals surface area contributed by atoms with E-state index in [9.17, 15) is 13.6 Å². The van der Waals surface area contributed by atoms with Gasteiger partial charge in [-0.2, -0.15) is 0 Å². The van der Waals surface area contributed by atoms with Crippen molar-refractivity contribution in [1.82, 2.24) is 9.97 Å². The Hall–Kier alpha value is -3.58. The average Bonchev–Trinajstić information content (AvgIpc) is 3.23. The van der Waals surface area contributed by atoms with Crippen LogP contribution >= 0.6 is 11.6 Å². The summed E-state index contributed by atoms with van der Waals surface area (Å²) < 4.78 is 32.7. The normalized spacial score (nSPS) is 10.7. The number of anilines is 1. The molecule has 0 saturated heterocycles. The molecule has 0 aliphatic heterocycles. The molecule has 4 aromatic rings. The first-order chi connectivity index (χ1) is 14.0. The molecule has 4 rings (SSSR count). The van der Waals surface area contributed by atoms with Crippen molar-refractivity contribution in [1.29, 1.82) is 0 Å². The number of amides is 1. The lowest BCUT2D eigenvalue weighted by Gasteiger charge is -2.10. The highest BCUT2D eigenvalue weighted by Crippen LogP contribution is 2.32. The molecular formula is C21H12ClF2N3O2. The number of pyridine rings is 1. The van der Waals surface area contributed by atoms with Gasteiger partial charge in [-0.05, 0) is 29.8 Å². The molecule has 0 atom stereocenters. The Kier molecular flexibility index (Phi) is 5.05. The Balaban J connectivity index is 1.61. The molecule has 0 aliphatic carbocycles. The van der Waals surface area contributed by atoms with E-state index in [4.69, 9.17) is 16.0 Å². The fourth-order valence-electron chi connectivity index (χ4n) is 2.83. The lowest BCUT2D eigenvalue weighted by Crippen LogP contribution is -2.16. The van der Waals surface area contributed by atoms with E-state index in [2.05, 4.69) is 15.3 Å². The van der Waals surface area contributed by atoms with E-state index in [1.54, 1.807) is 18.3 Å². The zero-order valence-electron chi connectivity index (χ0n) is 14.7. The molecule has 29 heavy (non-hydrogen) atoms. The van der Waals surface area contributed by atoms with Gasteiger partial charge in [0.05, 0.1) is 23.6 Å². The maximum absolute atomic E-state index is 13.7. The third kappa shape index (κ3) is 3.86. The number of carbonyl (C=O) groups excluding carboxylic acids is 1. The van der Waals surface area contributed by atoms with Crippen molar-refractivity contribution in [2.24, 2.45) is 0 Å². The number of aromatic nitrogens is 2. The minimum Gasteiger partial charge on any atom is -0.445 e. The van der Waals surface area contributed by atoms with Gasteiger partial charge >= 0.3 is 0 Å². The van der Waals surface area contributed by atoms with Crippen LogP contribution in [-0.2, 0) is 0 Å². The number of nitrogens with one attached hydrogen (secondary N) is 1. The standard InChI is InChI=1S/C21H12ClF2N3O2/c22-16-9-14(27-20(28)19-17(23)10-25-11-18(19)24)4-5-15(16)12-2-1-3-13(8-12)21-26-6-7-29-21/h1-11H,(H,27,28). The summed E-state index contributed by atoms with van der Waals surface area (Å²) in [5, 5.41) is 2.79. The van der Waals surface area contributed by atoms with Gasteiger partial charge in [-0.1, -0.05) is 29.8 Å². The maximum atomic E-state index is 13.7. The zero-order chi connectivity index (χ0) is 20.4. The van der Waals surface area contributed by atoms with Crippen molar-refractivity contribution in [3.63, 3.8) is 0 Å². The topological polar surface area (TPSA) is 68.0 Å². The fraction of sp³-hybridized carbons (Fsp3) is 0. The number of nitrogens with zero attached hydrogens (tertiary/aromatic N) is 2. The molecule has 0 saturated carbocycles. The number of halogens is 3. The Morgan fingerprint density at radius 1 is 1.03 bits per heavy atom. The summed E-state index contributed by atoms with van der Waals surface area (Å²) in [5.41, 5.74) is 1.89. The van der Waals surface area contributed by atoms with E-state index >= 15 is 0 Å². The second-order valence-corrected chi connectivity index (χ2v) is 6.45. The summed E-state index contributed by atoms with van der Waals surface area (Å²) >= 11 is 6.38. The molecule has 144 valence electrons. The van der Waals surface area contributed by atoms with Gasteiger partial charge in [-0.25, -0.2) is 13.8 Å². The van der Waals surface area contributed by atoms with E-state index in [1.807, 2.05) is 24.3 Å². The van der Waals surface area contributed by atoms with Crippen LogP contribution in [0.2, 0.25) is 5.02 Å². The first-order valence-corrected chi connectivity index (χ1v) is 8.81. The highest BCUT2D eigenvalue weighted by Gasteiger charge is 2.18. The summed E-state index contributed by atoms with van der Waals surface area (Å²) in [6.45, 7) is 0. The highest BCUT2D eigenvalue weighted by molar-refractivity contribution is 6.33. The Morgan fingerprint density at radius 3 is 2.48 bits per heavy atom. The molecule has 0 aliphatic rings. The largest absolute Gasteiger partial charge is 0.445 e. The van der Waals surface area contributed by atoms with Gasteiger partial charge in [0.2, 0.25) is 5.89 Å². The monoisotopic (exact) mass is 411 g/mol. The van der Waals surface area contributed by atoms with Crippen LogP contribution in [-0.4, -0.2) is 15.9 Å². The molecule has 0 fully saturated rings. The van der Waals surface area contributed by atoms with Crippen LogP contribution in [0.15, 0.2) is 71.7 Å². The maximum Gasteiger partial charge on any atom is 0.261 e. The average molecular weight is 412 g/mol. The highest BCUT2D eigenvalue weighted by atomic mass is 35.5. The zero-order valence-corrected chi connectivity index (χ0v) is 15.5. The molecule has 8 heteroatoms. The second-order valence-electron chi connectivity index (χ2n) is 6.04. The molecule has 1 amide bonds. The number of oxazole rings is 1. The van der Waals surface area contributed by atoms with Crippen LogP contribution in [0.1, 0.15) is 10.4 Å². The molecule has 5 nitrogen and oxygen atoms in total. The van der Waals surface area contributed by atoms with Crippen molar-refractivity contribution in [2.75, 3.05) is 5.32 Å². The first kappa shape index (κ1) is 18.8. The minimum absolute atomic E-state index is 0.295. The molecule has 1 N–H and O–H groups in total. The lowest BCUT2D eigenvalue weighted by molar-refractivity contribution is 0.101. The smallest absolute Gasteiger partial charge is 0.261 e. The van der Waals surface area contributed by atoms with Crippen LogP contribution in [0.3, 0.4) is 0 Å². The van der Waals surface area contributed by atoms with E-state index < -0.39 is 23.1 Å². The van der Waals surface area contributed by atoms with E-state index in [0.29, 0.717) is 22.2 Å². The minimum atomic E-state index is -1.05. The first-order valence-electron chi connectivity index (χ1n) is 8.43. The van der Waals surface area contributed by atoms with Crippen LogP contribution in [0.5, 0.6) is 0 Å². The number of benzene rings is 2. The Morgan fingerprint density at radius 2 is 1.79 bits per heavy atom. The van der Waals surface area contributed by atoms with Gasteiger partial charge in [0.15, 0.2) is 11.6 Å². The number of hydrogen-bond acceptors (Lipinski definition) is 4. The van der Waals surface area contributed by atoms with Crippen LogP contribution in [0.25, 0.3) is 22.6 Å². The molecule has 0 bridgehead atoms. The van der Waals surface area contributed by atoms with Crippen molar-refractivity contribution in [3.8, 4) is 22.6 Å². The van der Waals surface area contributed by atoms with Crippen molar-refractivity contribution >= 4 is 23.2 Å². The third-order valence-electron chi connectivity index (χ3n) is 4.16. The summed E-state index contributed by atoms with van der Waals surface area (Å²) in [5.74, 6) is -2.55. The van der Waals surface area contributed by atoms with Crippen molar-refractivity contribution in [3.05, 3.63) is 89.5 Å².